The van der Waals surface area contributed by atoms with Crippen LogP contribution in [0.15, 0.2) is 35.3 Å². The van der Waals surface area contributed by atoms with E-state index in [2.05, 4.69) is 5.32 Å². The molecule has 1 aromatic heterocycles. The van der Waals surface area contributed by atoms with Gasteiger partial charge in [0.15, 0.2) is 6.61 Å². The fraction of sp³-hybridized carbons (Fsp3) is 0.524. The number of benzene rings is 1. The Morgan fingerprint density at radius 3 is 2.78 bits per heavy atom. The largest absolute Gasteiger partial charge is 0.483 e. The molecule has 3 rings (SSSR count). The lowest BCUT2D eigenvalue weighted by Crippen LogP contribution is -2.39. The number of hydrogen-bond acceptors (Lipinski definition) is 4. The number of nitrogens with one attached hydrogen (secondary N) is 1. The number of pyridine rings is 1. The van der Waals surface area contributed by atoms with Crippen molar-refractivity contribution in [3.05, 3.63) is 40.8 Å². The van der Waals surface area contributed by atoms with E-state index in [1.807, 2.05) is 13.0 Å². The number of hydrogen-bond donors (Lipinski definition) is 1. The highest BCUT2D eigenvalue weighted by Gasteiger charge is 2.16. The monoisotopic (exact) mass is 372 g/mol. The highest BCUT2D eigenvalue weighted by Crippen LogP contribution is 2.23. The Kier molecular flexibility index (Phi) is 6.87. The summed E-state index contributed by atoms with van der Waals surface area (Å²) in [6.45, 7) is 3.53. The van der Waals surface area contributed by atoms with E-state index in [0.717, 1.165) is 18.2 Å². The highest BCUT2D eigenvalue weighted by molar-refractivity contribution is 5.88. The van der Waals surface area contributed by atoms with E-state index in [9.17, 15) is 9.59 Å². The predicted molar refractivity (Wildman–Crippen MR) is 105 cm³/mol. The molecule has 6 nitrogen and oxygen atoms in total. The van der Waals surface area contributed by atoms with Gasteiger partial charge >= 0.3 is 0 Å². The first-order chi connectivity index (χ1) is 13.2. The second-order valence-corrected chi connectivity index (χ2v) is 6.92. The minimum atomic E-state index is -0.107. The molecular formula is C21H28N2O4. The quantitative estimate of drug-likeness (QED) is 0.724. The second-order valence-electron chi connectivity index (χ2n) is 6.92. The maximum atomic E-state index is 12.6. The van der Waals surface area contributed by atoms with Crippen LogP contribution < -0.4 is 15.6 Å². The minimum absolute atomic E-state index is 0.0387. The molecule has 0 saturated heterocycles. The maximum Gasteiger partial charge on any atom is 0.258 e. The third-order valence-corrected chi connectivity index (χ3v) is 4.99. The van der Waals surface area contributed by atoms with Crippen LogP contribution in [-0.4, -0.2) is 36.3 Å². The molecule has 1 aromatic carbocycles. The van der Waals surface area contributed by atoms with Crippen molar-refractivity contribution in [1.82, 2.24) is 9.88 Å². The van der Waals surface area contributed by atoms with Gasteiger partial charge in [-0.15, -0.1) is 0 Å². The Morgan fingerprint density at radius 2 is 2.00 bits per heavy atom. The van der Waals surface area contributed by atoms with E-state index < -0.39 is 0 Å². The average molecular weight is 372 g/mol. The zero-order chi connectivity index (χ0) is 19.1. The summed E-state index contributed by atoms with van der Waals surface area (Å²) in [5, 5.41) is 4.35. The number of carbonyl (C=O) groups excluding carboxylic acids is 1. The fourth-order valence-electron chi connectivity index (χ4n) is 3.56. The molecule has 1 aliphatic carbocycles. The van der Waals surface area contributed by atoms with Gasteiger partial charge in [-0.3, -0.25) is 9.59 Å². The van der Waals surface area contributed by atoms with Crippen LogP contribution in [0.3, 0.4) is 0 Å². The Bertz CT molecular complexity index is 825. The fourth-order valence-corrected chi connectivity index (χ4v) is 3.56. The number of rotatable bonds is 8. The SMILES string of the molecule is CCOCCn1ccc2c(OCC(=O)NC3CCCCC3)cccc2c1=O. The van der Waals surface area contributed by atoms with Crippen molar-refractivity contribution in [2.75, 3.05) is 19.8 Å². The van der Waals surface area contributed by atoms with Crippen molar-refractivity contribution < 1.29 is 14.3 Å². The van der Waals surface area contributed by atoms with Crippen molar-refractivity contribution in [1.29, 1.82) is 0 Å². The van der Waals surface area contributed by atoms with Gasteiger partial charge in [0.1, 0.15) is 5.75 Å². The van der Waals surface area contributed by atoms with Crippen LogP contribution in [0.2, 0.25) is 0 Å². The Morgan fingerprint density at radius 1 is 1.19 bits per heavy atom. The number of nitrogens with zero attached hydrogens (tertiary/aromatic N) is 1. The smallest absolute Gasteiger partial charge is 0.258 e. The number of carbonyl (C=O) groups is 1. The molecular weight excluding hydrogens is 344 g/mol. The van der Waals surface area contributed by atoms with Crippen molar-refractivity contribution in [2.24, 2.45) is 0 Å². The van der Waals surface area contributed by atoms with E-state index in [0.29, 0.717) is 30.9 Å². The molecule has 1 heterocycles. The summed E-state index contributed by atoms with van der Waals surface area (Å²) in [6, 6.07) is 7.48. The lowest BCUT2D eigenvalue weighted by Gasteiger charge is -2.22. The number of amides is 1. The molecule has 27 heavy (non-hydrogen) atoms. The summed E-state index contributed by atoms with van der Waals surface area (Å²) in [7, 11) is 0. The van der Waals surface area contributed by atoms with Gasteiger partial charge in [0, 0.05) is 30.8 Å². The van der Waals surface area contributed by atoms with E-state index in [4.69, 9.17) is 9.47 Å². The van der Waals surface area contributed by atoms with Gasteiger partial charge in [0.25, 0.3) is 11.5 Å². The molecule has 6 heteroatoms. The Hall–Kier alpha value is -2.34. The summed E-state index contributed by atoms with van der Waals surface area (Å²) in [6.07, 6.45) is 7.43. The van der Waals surface area contributed by atoms with Crippen molar-refractivity contribution in [3.8, 4) is 5.75 Å². The van der Waals surface area contributed by atoms with Gasteiger partial charge in [0.2, 0.25) is 0 Å². The van der Waals surface area contributed by atoms with E-state index in [1.165, 1.54) is 19.3 Å². The van der Waals surface area contributed by atoms with Crippen LogP contribution in [0.5, 0.6) is 5.75 Å². The van der Waals surface area contributed by atoms with Gasteiger partial charge in [0.05, 0.1) is 12.0 Å². The van der Waals surface area contributed by atoms with Crippen molar-refractivity contribution in [3.63, 3.8) is 0 Å². The molecule has 0 aliphatic heterocycles. The molecule has 1 amide bonds. The van der Waals surface area contributed by atoms with Gasteiger partial charge in [-0.05, 0) is 38.0 Å². The van der Waals surface area contributed by atoms with Gasteiger partial charge in [-0.25, -0.2) is 0 Å². The standard InChI is InChI=1S/C21H28N2O4/c1-2-26-14-13-23-12-11-17-18(21(23)25)9-6-10-19(17)27-15-20(24)22-16-7-4-3-5-8-16/h6,9-12,16H,2-5,7-8,13-15H2,1H3,(H,22,24). The molecule has 0 bridgehead atoms. The summed E-state index contributed by atoms with van der Waals surface area (Å²) < 4.78 is 12.7. The van der Waals surface area contributed by atoms with E-state index >= 15 is 0 Å². The van der Waals surface area contributed by atoms with Crippen LogP contribution >= 0.6 is 0 Å². The van der Waals surface area contributed by atoms with Crippen LogP contribution in [0.1, 0.15) is 39.0 Å². The van der Waals surface area contributed by atoms with Crippen LogP contribution in [0.4, 0.5) is 0 Å². The maximum absolute atomic E-state index is 12.6. The lowest BCUT2D eigenvalue weighted by molar-refractivity contribution is -0.124. The van der Waals surface area contributed by atoms with Crippen molar-refractivity contribution >= 4 is 16.7 Å². The highest BCUT2D eigenvalue weighted by atomic mass is 16.5. The number of aromatic nitrogens is 1. The second kappa shape index (κ2) is 9.55. The number of fused-ring (bicyclic) bond motifs is 1. The van der Waals surface area contributed by atoms with Crippen LogP contribution in [-0.2, 0) is 16.1 Å². The van der Waals surface area contributed by atoms with E-state index in [-0.39, 0.29) is 24.1 Å². The predicted octanol–water partition coefficient (Wildman–Crippen LogP) is 2.87. The third kappa shape index (κ3) is 5.10. The molecule has 0 atom stereocenters. The van der Waals surface area contributed by atoms with E-state index in [1.54, 1.807) is 29.0 Å². The summed E-state index contributed by atoms with van der Waals surface area (Å²) in [4.78, 5) is 24.8. The number of ether oxygens (including phenoxy) is 2. The van der Waals surface area contributed by atoms with Gasteiger partial charge in [-0.2, -0.15) is 0 Å². The zero-order valence-electron chi connectivity index (χ0n) is 15.9. The third-order valence-electron chi connectivity index (χ3n) is 4.99. The molecule has 0 unspecified atom stereocenters. The van der Waals surface area contributed by atoms with Gasteiger partial charge in [-0.1, -0.05) is 25.3 Å². The first-order valence-corrected chi connectivity index (χ1v) is 9.81. The van der Waals surface area contributed by atoms with Crippen LogP contribution in [0, 0.1) is 0 Å². The lowest BCUT2D eigenvalue weighted by atomic mass is 9.95. The summed E-state index contributed by atoms with van der Waals surface area (Å²) in [5.41, 5.74) is -0.0793. The first-order valence-electron chi connectivity index (χ1n) is 9.81. The van der Waals surface area contributed by atoms with Crippen molar-refractivity contribution in [2.45, 2.75) is 51.6 Å². The Labute approximate surface area is 159 Å². The molecule has 146 valence electrons. The summed E-state index contributed by atoms with van der Waals surface area (Å²) in [5.74, 6) is 0.448. The van der Waals surface area contributed by atoms with Gasteiger partial charge < -0.3 is 19.4 Å². The van der Waals surface area contributed by atoms with Crippen LogP contribution in [0.25, 0.3) is 10.8 Å². The average Bonchev–Trinajstić information content (AvgIpc) is 2.69. The Balaban J connectivity index is 1.66. The molecule has 1 saturated carbocycles. The minimum Gasteiger partial charge on any atom is -0.483 e. The zero-order valence-corrected chi connectivity index (χ0v) is 15.9. The normalized spacial score (nSPS) is 15.0. The molecule has 2 aromatic rings. The molecule has 0 spiro atoms. The topological polar surface area (TPSA) is 69.6 Å². The molecule has 1 N–H and O–H groups in total. The molecule has 1 fully saturated rings. The summed E-state index contributed by atoms with van der Waals surface area (Å²) >= 11 is 0. The molecule has 0 radical (unpaired) electrons. The molecule has 1 aliphatic rings. The first kappa shape index (κ1) is 19.4.